The molecule has 0 saturated heterocycles. The predicted molar refractivity (Wildman–Crippen MR) is 43.9 cm³/mol. The SMILES string of the molecule is O.O.[B]c1ccc(CF)cc1. The molecule has 11 heavy (non-hydrogen) atoms. The van der Waals surface area contributed by atoms with Gasteiger partial charge < -0.3 is 11.0 Å². The van der Waals surface area contributed by atoms with E-state index >= 15 is 0 Å². The Hall–Kier alpha value is -0.865. The van der Waals surface area contributed by atoms with Crippen molar-refractivity contribution in [2.45, 2.75) is 6.67 Å². The first-order chi connectivity index (χ1) is 4.33. The van der Waals surface area contributed by atoms with E-state index in [9.17, 15) is 4.39 Å². The van der Waals surface area contributed by atoms with Gasteiger partial charge in [0.15, 0.2) is 0 Å². The van der Waals surface area contributed by atoms with E-state index < -0.39 is 6.67 Å². The highest BCUT2D eigenvalue weighted by molar-refractivity contribution is 6.32. The summed E-state index contributed by atoms with van der Waals surface area (Å²) < 4.78 is 11.8. The third-order valence-electron chi connectivity index (χ3n) is 1.13. The maximum absolute atomic E-state index is 11.8. The van der Waals surface area contributed by atoms with Crippen LogP contribution in [-0.4, -0.2) is 18.8 Å². The highest BCUT2D eigenvalue weighted by Gasteiger charge is 1.86. The van der Waals surface area contributed by atoms with Crippen molar-refractivity contribution in [1.29, 1.82) is 0 Å². The van der Waals surface area contributed by atoms with Crippen LogP contribution in [0.25, 0.3) is 0 Å². The van der Waals surface area contributed by atoms with Crippen molar-refractivity contribution >= 4 is 13.3 Å². The molecule has 0 spiro atoms. The van der Waals surface area contributed by atoms with Crippen molar-refractivity contribution in [3.63, 3.8) is 0 Å². The molecule has 1 rings (SSSR count). The van der Waals surface area contributed by atoms with Gasteiger partial charge in [-0.05, 0) is 5.56 Å². The Kier molecular flexibility index (Phi) is 6.84. The molecule has 0 unspecified atom stereocenters. The zero-order valence-corrected chi connectivity index (χ0v) is 5.97. The van der Waals surface area contributed by atoms with Gasteiger partial charge in [-0.15, -0.1) is 0 Å². The van der Waals surface area contributed by atoms with Crippen molar-refractivity contribution < 1.29 is 15.3 Å². The lowest BCUT2D eigenvalue weighted by molar-refractivity contribution is 0.485. The number of hydrogen-bond donors (Lipinski definition) is 0. The number of rotatable bonds is 1. The van der Waals surface area contributed by atoms with Crippen LogP contribution < -0.4 is 5.46 Å². The van der Waals surface area contributed by atoms with Gasteiger partial charge in [0.25, 0.3) is 0 Å². The van der Waals surface area contributed by atoms with Gasteiger partial charge in [-0.3, -0.25) is 0 Å². The zero-order valence-electron chi connectivity index (χ0n) is 5.97. The standard InChI is InChI=1S/C7H6BF.2H2O/c8-7-3-1-6(5-9)2-4-7;;/h1-4H,5H2;2*1H2. The molecular formula is C7H10BFO2. The summed E-state index contributed by atoms with van der Waals surface area (Å²) in [6.07, 6.45) is 0. The Morgan fingerprint density at radius 1 is 1.09 bits per heavy atom. The summed E-state index contributed by atoms with van der Waals surface area (Å²) in [6.45, 7) is -0.416. The maximum atomic E-state index is 11.8. The molecule has 4 N–H and O–H groups in total. The molecule has 1 aromatic carbocycles. The Labute approximate surface area is 66.1 Å². The summed E-state index contributed by atoms with van der Waals surface area (Å²) in [6, 6.07) is 6.73. The normalized spacial score (nSPS) is 7.73. The minimum Gasteiger partial charge on any atom is -0.412 e. The number of hydrogen-bond acceptors (Lipinski definition) is 0. The van der Waals surface area contributed by atoms with Gasteiger partial charge in [0.1, 0.15) is 14.5 Å². The van der Waals surface area contributed by atoms with E-state index in [0.717, 1.165) is 0 Å². The summed E-state index contributed by atoms with van der Waals surface area (Å²) in [5.74, 6) is 0. The lowest BCUT2D eigenvalue weighted by Crippen LogP contribution is -1.99. The van der Waals surface area contributed by atoms with Gasteiger partial charge in [-0.2, -0.15) is 0 Å². The van der Waals surface area contributed by atoms with Gasteiger partial charge in [0.05, 0.1) is 0 Å². The Balaban J connectivity index is 0. The first-order valence-corrected chi connectivity index (χ1v) is 2.73. The van der Waals surface area contributed by atoms with Crippen LogP contribution in [0, 0.1) is 0 Å². The molecule has 0 aromatic heterocycles. The fraction of sp³-hybridized carbons (Fsp3) is 0.143. The lowest BCUT2D eigenvalue weighted by atomic mass is 9.96. The predicted octanol–water partition coefficient (Wildman–Crippen LogP) is -0.700. The Bertz CT molecular complexity index is 188. The highest BCUT2D eigenvalue weighted by Crippen LogP contribution is 1.96. The molecule has 0 fully saturated rings. The summed E-state index contributed by atoms with van der Waals surface area (Å²) >= 11 is 0. The van der Waals surface area contributed by atoms with E-state index in [1.807, 2.05) is 0 Å². The molecule has 0 saturated carbocycles. The maximum Gasteiger partial charge on any atom is 0.115 e. The van der Waals surface area contributed by atoms with Gasteiger partial charge >= 0.3 is 0 Å². The fourth-order valence-electron chi connectivity index (χ4n) is 0.607. The molecule has 1 aromatic rings. The van der Waals surface area contributed by atoms with Crippen LogP contribution in [0.1, 0.15) is 5.56 Å². The molecule has 4 heteroatoms. The van der Waals surface area contributed by atoms with E-state index in [1.165, 1.54) is 0 Å². The third kappa shape index (κ3) is 3.75. The molecular weight excluding hydrogens is 146 g/mol. The number of benzene rings is 1. The van der Waals surface area contributed by atoms with Crippen LogP contribution in [0.5, 0.6) is 0 Å². The smallest absolute Gasteiger partial charge is 0.115 e. The molecule has 60 valence electrons. The minimum atomic E-state index is -0.416. The van der Waals surface area contributed by atoms with Crippen LogP contribution in [0.15, 0.2) is 24.3 Å². The molecule has 0 aliphatic rings. The van der Waals surface area contributed by atoms with Crippen LogP contribution in [-0.2, 0) is 6.67 Å². The first kappa shape index (κ1) is 12.8. The molecule has 2 nitrogen and oxygen atoms in total. The van der Waals surface area contributed by atoms with Crippen molar-refractivity contribution in [3.05, 3.63) is 29.8 Å². The van der Waals surface area contributed by atoms with Gasteiger partial charge in [-0.25, -0.2) is 4.39 Å². The lowest BCUT2D eigenvalue weighted by Gasteiger charge is -1.92. The van der Waals surface area contributed by atoms with E-state index in [0.29, 0.717) is 11.0 Å². The van der Waals surface area contributed by atoms with Crippen LogP contribution in [0.3, 0.4) is 0 Å². The minimum absolute atomic E-state index is 0. The fourth-order valence-corrected chi connectivity index (χ4v) is 0.607. The van der Waals surface area contributed by atoms with Gasteiger partial charge in [-0.1, -0.05) is 29.7 Å². The summed E-state index contributed by atoms with van der Waals surface area (Å²) in [4.78, 5) is 0. The molecule has 0 bridgehead atoms. The quantitative estimate of drug-likeness (QED) is 0.482. The van der Waals surface area contributed by atoms with Crippen LogP contribution >= 0.6 is 0 Å². The first-order valence-electron chi connectivity index (χ1n) is 2.73. The highest BCUT2D eigenvalue weighted by atomic mass is 19.1. The molecule has 0 amide bonds. The molecule has 0 aliphatic heterocycles. The third-order valence-corrected chi connectivity index (χ3v) is 1.13. The summed E-state index contributed by atoms with van der Waals surface area (Å²) in [7, 11) is 5.36. The van der Waals surface area contributed by atoms with Crippen molar-refractivity contribution in [2.24, 2.45) is 0 Å². The molecule has 2 radical (unpaired) electrons. The Morgan fingerprint density at radius 3 is 1.91 bits per heavy atom. The van der Waals surface area contributed by atoms with Crippen molar-refractivity contribution in [1.82, 2.24) is 0 Å². The average molecular weight is 156 g/mol. The van der Waals surface area contributed by atoms with Crippen LogP contribution in [0.2, 0.25) is 0 Å². The second kappa shape index (κ2) is 5.89. The van der Waals surface area contributed by atoms with Crippen molar-refractivity contribution in [3.8, 4) is 0 Å². The second-order valence-electron chi connectivity index (χ2n) is 1.88. The van der Waals surface area contributed by atoms with Gasteiger partial charge in [0.2, 0.25) is 0 Å². The van der Waals surface area contributed by atoms with E-state index in [2.05, 4.69) is 0 Å². The topological polar surface area (TPSA) is 63.0 Å². The van der Waals surface area contributed by atoms with Crippen molar-refractivity contribution in [2.75, 3.05) is 0 Å². The zero-order chi connectivity index (χ0) is 6.69. The van der Waals surface area contributed by atoms with E-state index in [1.54, 1.807) is 24.3 Å². The monoisotopic (exact) mass is 156 g/mol. The molecule has 0 heterocycles. The summed E-state index contributed by atoms with van der Waals surface area (Å²) in [5, 5.41) is 0. The van der Waals surface area contributed by atoms with E-state index in [-0.39, 0.29) is 11.0 Å². The van der Waals surface area contributed by atoms with Gasteiger partial charge in [0, 0.05) is 0 Å². The summed E-state index contributed by atoms with van der Waals surface area (Å²) in [5.41, 5.74) is 1.34. The number of halogens is 1. The Morgan fingerprint density at radius 2 is 1.55 bits per heavy atom. The van der Waals surface area contributed by atoms with Crippen LogP contribution in [0.4, 0.5) is 4.39 Å². The molecule has 0 atom stereocenters. The second-order valence-corrected chi connectivity index (χ2v) is 1.88. The van der Waals surface area contributed by atoms with E-state index in [4.69, 9.17) is 7.85 Å². The largest absolute Gasteiger partial charge is 0.412 e. The number of alkyl halides is 1. The average Bonchev–Trinajstić information content (AvgIpc) is 1.90. The molecule has 0 aliphatic carbocycles.